The standard InChI is InChI=1S/C34H21N2OP.C34H21N2P.C22H15Br2P.C12H10B2N2O4.CH2O3.CH3PS.2Na.H/c37-38(24-12-2-1-3-13-24)29-17-7-6-14-27(29)31-32(28-20-22-10-4-5-11-23(22)21-30(28)38)34-26(16-9-19-36-34)25-15-8-18-35-33(25)31;1-2-12-24(13-3-1)37-29-17-7-6-14-27(29)31-32(28-20-22-10-4-5-11-23(22)21-30(28)37)34-26(16-9-19-36-34)25-15-8-18-35-33(25)31;23-19-12-6-7-13-21(19)25(18-10-2-1-3-11-18)22-15-17-9-5-4-8-16(17)14-20(22)24;17-13(18)9-10(14(19)20)12-8(4-2-6-16-12)7-3-1-5-15-11(7)9;2-1-4-3;1-2-3;;;/h1-21H;1-21H;1-15H;1-6,17-20H;1,3H;1H3;;;/q;;;;;;2*+1;-1/p-1/i;;;;;1T;;;. The molecule has 0 fully saturated rings. The fourth-order valence-corrected chi connectivity index (χ4v) is 27.2. The van der Waals surface area contributed by atoms with Gasteiger partial charge in [-0.15, -0.1) is 0 Å². The normalized spacial score (nSPS) is 13.3. The maximum Gasteiger partial charge on any atom is 1.00 e. The molecule has 6 aromatic heterocycles. The van der Waals surface area contributed by atoms with Crippen LogP contribution in [0, 0.1) is 0 Å². The van der Waals surface area contributed by atoms with E-state index in [9.17, 15) is 20.1 Å². The largest absolute Gasteiger partial charge is 1.00 e. The molecule has 4 N–H and O–H groups in total. The maximum atomic E-state index is 15.8. The van der Waals surface area contributed by atoms with Crippen LogP contribution in [0.15, 0.2) is 392 Å². The summed E-state index contributed by atoms with van der Waals surface area (Å²) in [5.41, 5.74) is 13.2. The molecule has 21 aromatic rings. The Morgan fingerprint density at radius 3 is 1.25 bits per heavy atom. The topological polar surface area (TPSA) is 225 Å². The van der Waals surface area contributed by atoms with Crippen molar-refractivity contribution in [3.8, 4) is 44.5 Å². The average Bonchev–Trinajstić information content (AvgIpc) is 1.57. The van der Waals surface area contributed by atoms with Gasteiger partial charge in [-0.05, 0) is 195 Å². The molecule has 0 bridgehead atoms. The molecule has 15 aromatic carbocycles. The first-order valence-corrected chi connectivity index (χ1v) is 48.4. The van der Waals surface area contributed by atoms with Crippen molar-refractivity contribution in [1.29, 1.82) is 0 Å². The van der Waals surface area contributed by atoms with Crippen LogP contribution in [-0.2, 0) is 26.1 Å². The average molecular weight is 1920 g/mol. The van der Waals surface area contributed by atoms with E-state index in [-0.39, 0.29) is 77.9 Å². The van der Waals surface area contributed by atoms with Crippen molar-refractivity contribution in [2.45, 2.75) is 0 Å². The summed E-state index contributed by atoms with van der Waals surface area (Å²) in [6.07, 6.45) is 10.5. The summed E-state index contributed by atoms with van der Waals surface area (Å²) in [6.45, 7) is 0.176. The third kappa shape index (κ3) is 17.8. The molecule has 0 aliphatic carbocycles. The van der Waals surface area contributed by atoms with E-state index in [4.69, 9.17) is 31.4 Å². The van der Waals surface area contributed by atoms with Crippen molar-refractivity contribution in [1.82, 2.24) is 29.9 Å². The van der Waals surface area contributed by atoms with E-state index >= 15 is 4.57 Å². The Kier molecular flexibility index (Phi) is 29.0. The Morgan fingerprint density at radius 2 is 0.767 bits per heavy atom. The van der Waals surface area contributed by atoms with Crippen molar-refractivity contribution >= 4 is 251 Å². The molecule has 614 valence electrons. The van der Waals surface area contributed by atoms with Gasteiger partial charge in [0.05, 0.1) is 33.1 Å². The molecule has 0 saturated carbocycles. The van der Waals surface area contributed by atoms with Gasteiger partial charge < -0.3 is 36.2 Å². The van der Waals surface area contributed by atoms with Crippen LogP contribution in [0.2, 0.25) is 0 Å². The number of carbonyl (C=O) groups excluding carboxylic acids is 1. The molecule has 2 aliphatic heterocycles. The molecule has 0 radical (unpaired) electrons. The number of rotatable bonds is 8. The van der Waals surface area contributed by atoms with Crippen LogP contribution in [0.1, 0.15) is 2.80 Å². The van der Waals surface area contributed by atoms with Gasteiger partial charge in [0.1, 0.15) is 0 Å². The first-order valence-electron chi connectivity index (χ1n) is 41.1. The van der Waals surface area contributed by atoms with Crippen molar-refractivity contribution in [2.24, 2.45) is 0 Å². The summed E-state index contributed by atoms with van der Waals surface area (Å²) in [5, 5.41) is 70.3. The van der Waals surface area contributed by atoms with Gasteiger partial charge in [-0.2, -0.15) is 0 Å². The van der Waals surface area contributed by atoms with Crippen LogP contribution >= 0.6 is 62.2 Å². The van der Waals surface area contributed by atoms with Crippen molar-refractivity contribution < 1.29 is 102 Å². The Labute approximate surface area is 817 Å². The zero-order valence-corrected chi connectivity index (χ0v) is 80.9. The van der Waals surface area contributed by atoms with Crippen LogP contribution in [0.3, 0.4) is 0 Å². The molecule has 25 heteroatoms. The molecular formula is C104H72B2Br2N6Na2O8P4S. The summed E-state index contributed by atoms with van der Waals surface area (Å²) in [7, 11) is -7.76. The van der Waals surface area contributed by atoms with Gasteiger partial charge in [-0.3, -0.25) is 34.7 Å². The molecule has 14 nitrogen and oxygen atoms in total. The Bertz CT molecular complexity index is 7840. The van der Waals surface area contributed by atoms with E-state index in [0.29, 0.717) is 28.4 Å². The van der Waals surface area contributed by atoms with Crippen LogP contribution in [0.4, 0.5) is 0 Å². The maximum absolute atomic E-state index is 15.8. The predicted octanol–water partition coefficient (Wildman–Crippen LogP) is 12.4. The zero-order valence-electron chi connectivity index (χ0n) is 71.4. The van der Waals surface area contributed by atoms with Gasteiger partial charge in [0.25, 0.3) is 6.47 Å². The number of aromatic nitrogens is 6. The number of benzene rings is 15. The number of carbonyl (C=O) groups is 1. The molecule has 0 saturated heterocycles. The number of fused-ring (bicyclic) bond motifs is 26. The molecule has 3 unspecified atom stereocenters. The monoisotopic (exact) mass is 1920 g/mol. The van der Waals surface area contributed by atoms with Gasteiger partial charge in [0, 0.05) is 129 Å². The van der Waals surface area contributed by atoms with E-state index < -0.39 is 37.2 Å². The van der Waals surface area contributed by atoms with Crippen LogP contribution < -0.4 is 123 Å². The van der Waals surface area contributed by atoms with Gasteiger partial charge in [0.15, 0.2) is 7.14 Å². The number of pyridine rings is 6. The quantitative estimate of drug-likeness (QED) is 0.0277. The second-order valence-electron chi connectivity index (χ2n) is 29.6. The van der Waals surface area contributed by atoms with E-state index in [1.807, 2.05) is 104 Å². The Balaban J connectivity index is 0.000000132. The fourth-order valence-electron chi connectivity index (χ4n) is 17.4. The minimum absolute atomic E-state index is 0. The van der Waals surface area contributed by atoms with E-state index in [0.717, 1.165) is 109 Å². The molecule has 129 heavy (non-hydrogen) atoms. The minimum Gasteiger partial charge on any atom is -1.00 e. The van der Waals surface area contributed by atoms with E-state index in [2.05, 4.69) is 301 Å². The molecule has 3 atom stereocenters. The summed E-state index contributed by atoms with van der Waals surface area (Å²) in [6, 6.07) is 120. The van der Waals surface area contributed by atoms with Crippen LogP contribution in [0.5, 0.6) is 0 Å². The second-order valence-corrected chi connectivity index (χ2v) is 39.4. The Morgan fingerprint density at radius 1 is 0.403 bits per heavy atom. The molecular weight excluding hydrogens is 1840 g/mol. The second kappa shape index (κ2) is 41.3. The smallest absolute Gasteiger partial charge is 1.00 e. The predicted molar refractivity (Wildman–Crippen MR) is 539 cm³/mol. The zero-order chi connectivity index (χ0) is 87.9. The third-order valence-electron chi connectivity index (χ3n) is 22.6. The van der Waals surface area contributed by atoms with E-state index in [1.54, 1.807) is 24.3 Å². The third-order valence-corrected chi connectivity index (χ3v) is 32.8. The Hall–Kier alpha value is -10.5. The van der Waals surface area contributed by atoms with E-state index in [1.165, 1.54) is 88.0 Å². The van der Waals surface area contributed by atoms with Gasteiger partial charge in [-0.1, -0.05) is 311 Å². The minimum atomic E-state index is -3.29. The van der Waals surface area contributed by atoms with Gasteiger partial charge in [-0.25, -0.2) is 0 Å². The summed E-state index contributed by atoms with van der Waals surface area (Å²) < 4.78 is 24.5. The van der Waals surface area contributed by atoms with Crippen molar-refractivity contribution in [3.05, 3.63) is 392 Å². The SMILES string of the molecule is Brc1ccccc1P(c1ccccc1)c1cc2ccccc2cc1Br.O=CO[O-].O=P1(c2ccccc2)c2ccccc2-c2c(c3ncccc3c3cccnc23)-c2cc3ccccc3cc21.OB(O)c1c(B(O)O)c2ncccc2c2cccnc12.[3H]CP=S.[H-].[Na+].[Na+].c1ccc(P2c3ccccc3-c3c(c4ncccc4c4cccnc34)-c3cc4ccccc4cc32)cc1. The molecule has 8 heterocycles. The number of hydrogen-bond donors (Lipinski definition) is 4. The molecule has 0 spiro atoms. The number of nitrogens with zero attached hydrogens (tertiary/aromatic N) is 6. The van der Waals surface area contributed by atoms with Crippen molar-refractivity contribution in [2.75, 3.05) is 6.64 Å². The van der Waals surface area contributed by atoms with Gasteiger partial charge >= 0.3 is 73.4 Å². The first kappa shape index (κ1) is 90.4. The summed E-state index contributed by atoms with van der Waals surface area (Å²) in [5.74, 6) is 0. The van der Waals surface area contributed by atoms with Crippen LogP contribution in [0.25, 0.3) is 142 Å². The van der Waals surface area contributed by atoms with Gasteiger partial charge in [0.2, 0.25) is 0 Å². The fraction of sp³-hybridized carbons (Fsp3) is 0.00962. The molecule has 23 rings (SSSR count). The molecule has 0 amide bonds. The summed E-state index contributed by atoms with van der Waals surface area (Å²) >= 11 is 11.9. The first-order chi connectivity index (χ1) is 62.8. The number of hydrogen-bond acceptors (Lipinski definition) is 15. The number of halogens is 2. The van der Waals surface area contributed by atoms with Crippen LogP contribution in [-0.4, -0.2) is 77.3 Å². The van der Waals surface area contributed by atoms with Crippen molar-refractivity contribution in [3.63, 3.8) is 0 Å². The summed E-state index contributed by atoms with van der Waals surface area (Å²) in [4.78, 5) is 39.4. The molecule has 2 aliphatic rings.